The number of hydrogen-bond acceptors (Lipinski definition) is 1. The van der Waals surface area contributed by atoms with Crippen molar-refractivity contribution in [2.24, 2.45) is 10.8 Å². The van der Waals surface area contributed by atoms with Crippen LogP contribution in [0.15, 0.2) is 24.3 Å². The van der Waals surface area contributed by atoms with Crippen LogP contribution in [0.4, 0.5) is 0 Å². The van der Waals surface area contributed by atoms with Gasteiger partial charge in [0.25, 0.3) is 0 Å². The average Bonchev–Trinajstić information content (AvgIpc) is 2.23. The zero-order valence-electron chi connectivity index (χ0n) is 12.9. The van der Waals surface area contributed by atoms with E-state index in [9.17, 15) is 4.79 Å². The quantitative estimate of drug-likeness (QED) is 0.836. The summed E-state index contributed by atoms with van der Waals surface area (Å²) in [5.74, 6) is -0.440. The maximum Gasteiger partial charge on any atom is 0.335 e. The first-order valence-electron chi connectivity index (χ1n) is 6.84. The van der Waals surface area contributed by atoms with Gasteiger partial charge in [0.2, 0.25) is 0 Å². The summed E-state index contributed by atoms with van der Waals surface area (Å²) in [6, 6.07) is 7.34. The molecule has 0 aliphatic carbocycles. The van der Waals surface area contributed by atoms with Gasteiger partial charge in [-0.15, -0.1) is 0 Å². The van der Waals surface area contributed by atoms with Crippen LogP contribution in [0.2, 0.25) is 0 Å². The molecule has 2 heteroatoms. The Morgan fingerprint density at radius 2 is 1.53 bits per heavy atom. The van der Waals surface area contributed by atoms with E-state index in [1.807, 2.05) is 12.1 Å². The molecule has 19 heavy (non-hydrogen) atoms. The number of aromatic carboxylic acids is 1. The molecule has 0 bridgehead atoms. The second-order valence-corrected chi connectivity index (χ2v) is 7.61. The maximum atomic E-state index is 10.9. The van der Waals surface area contributed by atoms with E-state index in [4.69, 9.17) is 5.11 Å². The first-order valence-corrected chi connectivity index (χ1v) is 6.84. The second-order valence-electron chi connectivity index (χ2n) is 7.61. The number of carboxylic acids is 1. The fraction of sp³-hybridized carbons (Fsp3) is 0.588. The molecule has 1 rings (SSSR count). The molecule has 0 heterocycles. The molecule has 0 aliphatic heterocycles. The Morgan fingerprint density at radius 1 is 1.05 bits per heavy atom. The van der Waals surface area contributed by atoms with Crippen molar-refractivity contribution in [3.63, 3.8) is 0 Å². The maximum absolute atomic E-state index is 10.9. The molecule has 0 amide bonds. The Morgan fingerprint density at radius 3 is 1.84 bits per heavy atom. The van der Waals surface area contributed by atoms with Crippen LogP contribution >= 0.6 is 0 Å². The SMILES string of the molecule is CC(C)(C)C[C@H](c1ccc(C(=O)O)cc1)C(C)(C)C. The number of rotatable bonds is 3. The Hall–Kier alpha value is -1.31. The number of hydrogen-bond donors (Lipinski definition) is 1. The van der Waals surface area contributed by atoms with E-state index in [2.05, 4.69) is 41.5 Å². The standard InChI is InChI=1S/C17H26O2/c1-16(2,3)11-14(17(4,5)6)12-7-9-13(10-8-12)15(18)19/h7-10,14H,11H2,1-6H3,(H,18,19)/t14-/m1/s1. The van der Waals surface area contributed by atoms with Crippen molar-refractivity contribution in [2.45, 2.75) is 53.9 Å². The van der Waals surface area contributed by atoms with Crippen LogP contribution < -0.4 is 0 Å². The normalized spacial score (nSPS) is 14.2. The molecule has 0 radical (unpaired) electrons. The van der Waals surface area contributed by atoms with E-state index < -0.39 is 5.97 Å². The average molecular weight is 262 g/mol. The predicted octanol–water partition coefficient (Wildman–Crippen LogP) is 4.95. The minimum Gasteiger partial charge on any atom is -0.478 e. The highest BCUT2D eigenvalue weighted by molar-refractivity contribution is 5.87. The van der Waals surface area contributed by atoms with Gasteiger partial charge in [0.15, 0.2) is 0 Å². The van der Waals surface area contributed by atoms with E-state index in [1.165, 1.54) is 5.56 Å². The van der Waals surface area contributed by atoms with Gasteiger partial charge in [-0.1, -0.05) is 53.7 Å². The lowest BCUT2D eigenvalue weighted by Crippen LogP contribution is -2.23. The van der Waals surface area contributed by atoms with E-state index in [0.29, 0.717) is 11.5 Å². The third-order valence-corrected chi connectivity index (χ3v) is 3.42. The van der Waals surface area contributed by atoms with Crippen LogP contribution in [0.5, 0.6) is 0 Å². The van der Waals surface area contributed by atoms with Gasteiger partial charge < -0.3 is 5.11 Å². The summed E-state index contributed by atoms with van der Waals surface area (Å²) in [4.78, 5) is 10.9. The van der Waals surface area contributed by atoms with E-state index in [-0.39, 0.29) is 10.8 Å². The molecule has 0 saturated heterocycles. The van der Waals surface area contributed by atoms with Gasteiger partial charge >= 0.3 is 5.97 Å². The Balaban J connectivity index is 3.08. The van der Waals surface area contributed by atoms with Gasteiger partial charge in [0.05, 0.1) is 5.56 Å². The fourth-order valence-corrected chi connectivity index (χ4v) is 2.39. The molecule has 0 unspecified atom stereocenters. The molecule has 1 atom stereocenters. The van der Waals surface area contributed by atoms with Crippen LogP contribution in [-0.2, 0) is 0 Å². The van der Waals surface area contributed by atoms with Crippen molar-refractivity contribution < 1.29 is 9.90 Å². The van der Waals surface area contributed by atoms with Crippen molar-refractivity contribution >= 4 is 5.97 Å². The van der Waals surface area contributed by atoms with Crippen molar-refractivity contribution in [1.82, 2.24) is 0 Å². The highest BCUT2D eigenvalue weighted by atomic mass is 16.4. The van der Waals surface area contributed by atoms with Crippen LogP contribution in [0.3, 0.4) is 0 Å². The molecular formula is C17H26O2. The summed E-state index contributed by atoms with van der Waals surface area (Å²) in [7, 11) is 0. The highest BCUT2D eigenvalue weighted by Crippen LogP contribution is 2.42. The summed E-state index contributed by atoms with van der Waals surface area (Å²) in [6.07, 6.45) is 1.09. The van der Waals surface area contributed by atoms with E-state index in [1.54, 1.807) is 12.1 Å². The van der Waals surface area contributed by atoms with E-state index in [0.717, 1.165) is 6.42 Å². The molecule has 0 saturated carbocycles. The van der Waals surface area contributed by atoms with Crippen LogP contribution in [0, 0.1) is 10.8 Å². The lowest BCUT2D eigenvalue weighted by molar-refractivity contribution is 0.0697. The minimum absolute atomic E-state index is 0.165. The van der Waals surface area contributed by atoms with Gasteiger partial charge in [0.1, 0.15) is 0 Å². The molecule has 1 aromatic rings. The first kappa shape index (κ1) is 15.7. The van der Waals surface area contributed by atoms with Crippen molar-refractivity contribution in [1.29, 1.82) is 0 Å². The zero-order chi connectivity index (χ0) is 14.8. The molecular weight excluding hydrogens is 236 g/mol. The Bertz CT molecular complexity index is 430. The summed E-state index contributed by atoms with van der Waals surface area (Å²) < 4.78 is 0. The number of carboxylic acid groups (broad SMARTS) is 1. The van der Waals surface area contributed by atoms with E-state index >= 15 is 0 Å². The van der Waals surface area contributed by atoms with Crippen LogP contribution in [-0.4, -0.2) is 11.1 Å². The molecule has 0 fully saturated rings. The smallest absolute Gasteiger partial charge is 0.335 e. The van der Waals surface area contributed by atoms with Crippen molar-refractivity contribution in [3.05, 3.63) is 35.4 Å². The number of carbonyl (C=O) groups is 1. The lowest BCUT2D eigenvalue weighted by Gasteiger charge is -2.36. The Labute approximate surface area is 116 Å². The molecule has 0 aromatic heterocycles. The molecule has 1 aromatic carbocycles. The summed E-state index contributed by atoms with van der Waals surface area (Å²) in [5, 5.41) is 8.96. The van der Waals surface area contributed by atoms with Crippen molar-refractivity contribution in [2.75, 3.05) is 0 Å². The molecule has 0 aliphatic rings. The third-order valence-electron chi connectivity index (χ3n) is 3.42. The summed E-state index contributed by atoms with van der Waals surface area (Å²) in [6.45, 7) is 13.5. The molecule has 0 spiro atoms. The topological polar surface area (TPSA) is 37.3 Å². The highest BCUT2D eigenvalue weighted by Gasteiger charge is 2.30. The van der Waals surface area contributed by atoms with Gasteiger partial charge in [-0.05, 0) is 40.9 Å². The monoisotopic (exact) mass is 262 g/mol. The zero-order valence-corrected chi connectivity index (χ0v) is 12.9. The van der Waals surface area contributed by atoms with Crippen LogP contribution in [0.25, 0.3) is 0 Å². The van der Waals surface area contributed by atoms with Gasteiger partial charge in [-0.3, -0.25) is 0 Å². The fourth-order valence-electron chi connectivity index (χ4n) is 2.39. The largest absolute Gasteiger partial charge is 0.478 e. The van der Waals surface area contributed by atoms with Gasteiger partial charge in [-0.25, -0.2) is 4.79 Å². The molecule has 1 N–H and O–H groups in total. The lowest BCUT2D eigenvalue weighted by atomic mass is 9.69. The summed E-state index contributed by atoms with van der Waals surface area (Å²) >= 11 is 0. The molecule has 106 valence electrons. The van der Waals surface area contributed by atoms with Gasteiger partial charge in [-0.2, -0.15) is 0 Å². The minimum atomic E-state index is -0.866. The second kappa shape index (κ2) is 5.36. The Kier molecular flexibility index (Phi) is 4.44. The van der Waals surface area contributed by atoms with Crippen LogP contribution in [0.1, 0.15) is 69.8 Å². The first-order chi connectivity index (χ1) is 8.50. The van der Waals surface area contributed by atoms with Crippen molar-refractivity contribution in [3.8, 4) is 0 Å². The summed E-state index contributed by atoms with van der Waals surface area (Å²) in [5.41, 5.74) is 2.00. The third kappa shape index (κ3) is 4.70. The molecule has 2 nitrogen and oxygen atoms in total. The van der Waals surface area contributed by atoms with Gasteiger partial charge in [0, 0.05) is 0 Å². The number of benzene rings is 1. The predicted molar refractivity (Wildman–Crippen MR) is 79.7 cm³/mol.